The van der Waals surface area contributed by atoms with Crippen molar-refractivity contribution in [1.82, 2.24) is 5.32 Å². The number of carboxylic acids is 1. The van der Waals surface area contributed by atoms with Gasteiger partial charge < -0.3 is 15.2 Å². The molecule has 1 aliphatic rings. The van der Waals surface area contributed by atoms with Crippen LogP contribution in [-0.2, 0) is 14.3 Å². The molecule has 0 saturated carbocycles. The van der Waals surface area contributed by atoms with Crippen molar-refractivity contribution in [3.8, 4) is 0 Å². The van der Waals surface area contributed by atoms with Gasteiger partial charge in [0, 0.05) is 19.6 Å². The van der Waals surface area contributed by atoms with Gasteiger partial charge in [0.2, 0.25) is 5.91 Å². The van der Waals surface area contributed by atoms with Crippen molar-refractivity contribution in [2.45, 2.75) is 19.8 Å². The van der Waals surface area contributed by atoms with E-state index in [-0.39, 0.29) is 5.92 Å². The molecule has 5 heteroatoms. The summed E-state index contributed by atoms with van der Waals surface area (Å²) in [6.45, 7) is 2.46. The van der Waals surface area contributed by atoms with E-state index in [2.05, 4.69) is 5.32 Å². The summed E-state index contributed by atoms with van der Waals surface area (Å²) < 4.78 is 5.23. The third kappa shape index (κ3) is 2.12. The molecular formula is C10H17NO4. The molecule has 2 atom stereocenters. The number of ether oxygens (including phenoxy) is 1. The molecule has 1 rings (SSSR count). The largest absolute Gasteiger partial charge is 0.480 e. The van der Waals surface area contributed by atoms with Gasteiger partial charge in [0.25, 0.3) is 0 Å². The van der Waals surface area contributed by atoms with E-state index in [0.717, 1.165) is 12.8 Å². The van der Waals surface area contributed by atoms with Crippen molar-refractivity contribution < 1.29 is 19.4 Å². The summed E-state index contributed by atoms with van der Waals surface area (Å²) in [6, 6.07) is 0. The Morgan fingerprint density at radius 3 is 2.60 bits per heavy atom. The van der Waals surface area contributed by atoms with Crippen molar-refractivity contribution >= 4 is 11.9 Å². The maximum Gasteiger partial charge on any atom is 0.319 e. The highest BCUT2D eigenvalue weighted by molar-refractivity contribution is 6.01. The summed E-state index contributed by atoms with van der Waals surface area (Å²) in [5, 5.41) is 11.6. The van der Waals surface area contributed by atoms with Crippen LogP contribution in [-0.4, -0.2) is 37.2 Å². The Labute approximate surface area is 88.8 Å². The molecular weight excluding hydrogens is 198 g/mol. The normalized spacial score (nSPS) is 25.3. The molecule has 2 N–H and O–H groups in total. The first-order valence-corrected chi connectivity index (χ1v) is 5.06. The molecule has 15 heavy (non-hydrogen) atoms. The minimum Gasteiger partial charge on any atom is -0.480 e. The second-order valence-electron chi connectivity index (χ2n) is 4.00. The SMILES string of the molecule is CNC(=O)C(C)(C(=O)O)C1CCCOC1. The van der Waals surface area contributed by atoms with Gasteiger partial charge in [0.1, 0.15) is 5.41 Å². The average molecular weight is 215 g/mol. The van der Waals surface area contributed by atoms with Gasteiger partial charge in [-0.1, -0.05) is 0 Å². The van der Waals surface area contributed by atoms with Crippen LogP contribution < -0.4 is 5.32 Å². The molecule has 1 aliphatic heterocycles. The quantitative estimate of drug-likeness (QED) is 0.662. The lowest BCUT2D eigenvalue weighted by Gasteiger charge is -2.34. The number of carboxylic acid groups (broad SMARTS) is 1. The molecule has 1 fully saturated rings. The lowest BCUT2D eigenvalue weighted by molar-refractivity contribution is -0.162. The Kier molecular flexibility index (Phi) is 3.68. The summed E-state index contributed by atoms with van der Waals surface area (Å²) in [4.78, 5) is 22.8. The Morgan fingerprint density at radius 2 is 2.20 bits per heavy atom. The number of carbonyl (C=O) groups excluding carboxylic acids is 1. The molecule has 1 heterocycles. The smallest absolute Gasteiger partial charge is 0.319 e. The first-order valence-electron chi connectivity index (χ1n) is 5.06. The molecule has 0 aromatic rings. The number of carbonyl (C=O) groups is 2. The molecule has 1 amide bonds. The topological polar surface area (TPSA) is 75.6 Å². The van der Waals surface area contributed by atoms with Crippen LogP contribution in [0, 0.1) is 11.3 Å². The Balaban J connectivity index is 2.88. The lowest BCUT2D eigenvalue weighted by atomic mass is 9.73. The number of hydrogen-bond donors (Lipinski definition) is 2. The van der Waals surface area contributed by atoms with Gasteiger partial charge in [-0.05, 0) is 19.8 Å². The summed E-state index contributed by atoms with van der Waals surface area (Å²) in [5.41, 5.74) is -1.38. The highest BCUT2D eigenvalue weighted by Crippen LogP contribution is 2.34. The van der Waals surface area contributed by atoms with Crippen LogP contribution in [0.1, 0.15) is 19.8 Å². The van der Waals surface area contributed by atoms with E-state index in [1.807, 2.05) is 0 Å². The number of nitrogens with one attached hydrogen (secondary N) is 1. The maximum atomic E-state index is 11.6. The Morgan fingerprint density at radius 1 is 1.53 bits per heavy atom. The molecule has 0 spiro atoms. The molecule has 0 aromatic heterocycles. The van der Waals surface area contributed by atoms with Gasteiger partial charge in [-0.2, -0.15) is 0 Å². The minimum absolute atomic E-state index is 0.247. The third-order valence-electron chi connectivity index (χ3n) is 3.12. The number of amides is 1. The van der Waals surface area contributed by atoms with Gasteiger partial charge >= 0.3 is 5.97 Å². The van der Waals surface area contributed by atoms with E-state index >= 15 is 0 Å². The Bertz CT molecular complexity index is 260. The van der Waals surface area contributed by atoms with E-state index in [4.69, 9.17) is 9.84 Å². The minimum atomic E-state index is -1.38. The number of aliphatic carboxylic acids is 1. The van der Waals surface area contributed by atoms with Crippen LogP contribution >= 0.6 is 0 Å². The molecule has 0 bridgehead atoms. The van der Waals surface area contributed by atoms with E-state index in [1.165, 1.54) is 14.0 Å². The fourth-order valence-corrected chi connectivity index (χ4v) is 1.91. The zero-order chi connectivity index (χ0) is 11.5. The van der Waals surface area contributed by atoms with Gasteiger partial charge in [-0.3, -0.25) is 9.59 Å². The second-order valence-corrected chi connectivity index (χ2v) is 4.00. The number of hydrogen-bond acceptors (Lipinski definition) is 3. The molecule has 0 aromatic carbocycles. The van der Waals surface area contributed by atoms with E-state index in [1.54, 1.807) is 0 Å². The standard InChI is InChI=1S/C10H17NO4/c1-10(9(13)14,8(12)11-2)7-4-3-5-15-6-7/h7H,3-6H2,1-2H3,(H,11,12)(H,13,14). The lowest BCUT2D eigenvalue weighted by Crippen LogP contribution is -2.50. The summed E-state index contributed by atoms with van der Waals surface area (Å²) in [5.74, 6) is -1.79. The average Bonchev–Trinajstić information content (AvgIpc) is 2.27. The van der Waals surface area contributed by atoms with Gasteiger partial charge in [0.05, 0.1) is 6.61 Å². The molecule has 86 valence electrons. The van der Waals surface area contributed by atoms with Crippen molar-refractivity contribution in [1.29, 1.82) is 0 Å². The summed E-state index contributed by atoms with van der Waals surface area (Å²) in [6.07, 6.45) is 1.53. The first kappa shape index (κ1) is 12.0. The fourth-order valence-electron chi connectivity index (χ4n) is 1.91. The zero-order valence-corrected chi connectivity index (χ0v) is 9.08. The van der Waals surface area contributed by atoms with Crippen molar-refractivity contribution in [3.05, 3.63) is 0 Å². The van der Waals surface area contributed by atoms with E-state index in [9.17, 15) is 9.59 Å². The third-order valence-corrected chi connectivity index (χ3v) is 3.12. The van der Waals surface area contributed by atoms with Gasteiger partial charge in [-0.15, -0.1) is 0 Å². The predicted molar refractivity (Wildman–Crippen MR) is 53.4 cm³/mol. The van der Waals surface area contributed by atoms with Crippen LogP contribution in [0.15, 0.2) is 0 Å². The van der Waals surface area contributed by atoms with E-state index in [0.29, 0.717) is 13.2 Å². The molecule has 0 radical (unpaired) electrons. The Hall–Kier alpha value is -1.10. The maximum absolute atomic E-state index is 11.6. The summed E-state index contributed by atoms with van der Waals surface area (Å²) in [7, 11) is 1.45. The molecule has 1 saturated heterocycles. The summed E-state index contributed by atoms with van der Waals surface area (Å²) >= 11 is 0. The zero-order valence-electron chi connectivity index (χ0n) is 9.08. The molecule has 5 nitrogen and oxygen atoms in total. The molecule has 0 aliphatic carbocycles. The number of rotatable bonds is 3. The second kappa shape index (κ2) is 4.61. The van der Waals surface area contributed by atoms with Crippen LogP contribution in [0.3, 0.4) is 0 Å². The highest BCUT2D eigenvalue weighted by Gasteiger charge is 2.48. The van der Waals surface area contributed by atoms with Crippen molar-refractivity contribution in [2.24, 2.45) is 11.3 Å². The van der Waals surface area contributed by atoms with Crippen molar-refractivity contribution in [2.75, 3.05) is 20.3 Å². The van der Waals surface area contributed by atoms with Gasteiger partial charge in [-0.25, -0.2) is 0 Å². The first-order chi connectivity index (χ1) is 7.03. The van der Waals surface area contributed by atoms with Crippen LogP contribution in [0.4, 0.5) is 0 Å². The highest BCUT2D eigenvalue weighted by atomic mass is 16.5. The van der Waals surface area contributed by atoms with Gasteiger partial charge in [0.15, 0.2) is 0 Å². The van der Waals surface area contributed by atoms with E-state index < -0.39 is 17.3 Å². The molecule has 2 unspecified atom stereocenters. The fraction of sp³-hybridized carbons (Fsp3) is 0.800. The van der Waals surface area contributed by atoms with Crippen LogP contribution in [0.2, 0.25) is 0 Å². The monoisotopic (exact) mass is 215 g/mol. The predicted octanol–water partition coefficient (Wildman–Crippen LogP) is 0.250. The van der Waals surface area contributed by atoms with Crippen LogP contribution in [0.5, 0.6) is 0 Å². The van der Waals surface area contributed by atoms with Crippen LogP contribution in [0.25, 0.3) is 0 Å². The van der Waals surface area contributed by atoms with Crippen molar-refractivity contribution in [3.63, 3.8) is 0 Å².